The van der Waals surface area contributed by atoms with E-state index in [2.05, 4.69) is 4.43 Å². The second-order valence-corrected chi connectivity index (χ2v) is 2.86. The molecular weight excluding hydrogens is 128 g/mol. The lowest BCUT2D eigenvalue weighted by Crippen LogP contribution is -2.39. The number of hydrogen-bond donors (Lipinski definition) is 3. The smallest absolute Gasteiger partial charge is 0.368 e. The van der Waals surface area contributed by atoms with Crippen molar-refractivity contribution in [3.63, 3.8) is 0 Å². The average Bonchev–Trinajstić information content (AvgIpc) is 1.59. The molecule has 0 atom stereocenters. The van der Waals surface area contributed by atoms with Crippen molar-refractivity contribution in [2.45, 2.75) is 13.3 Å². The lowest BCUT2D eigenvalue weighted by atomic mass is 10.5. The van der Waals surface area contributed by atoms with Crippen molar-refractivity contribution in [3.8, 4) is 0 Å². The summed E-state index contributed by atoms with van der Waals surface area (Å²) in [6.07, 6.45) is 0.663. The van der Waals surface area contributed by atoms with Gasteiger partial charge in [0.25, 0.3) is 0 Å². The third-order valence-electron chi connectivity index (χ3n) is 0.500. The van der Waals surface area contributed by atoms with Gasteiger partial charge in [0.1, 0.15) is 0 Å². The van der Waals surface area contributed by atoms with Crippen molar-refractivity contribution in [1.82, 2.24) is 0 Å². The minimum absolute atomic E-state index is 0.190. The Hall–Kier alpha value is 0.0569. The molecule has 0 aliphatic carbocycles. The van der Waals surface area contributed by atoms with E-state index in [9.17, 15) is 0 Å². The highest BCUT2D eigenvalue weighted by atomic mass is 28.4. The molecule has 0 aromatic rings. The Morgan fingerprint density at radius 2 is 1.88 bits per heavy atom. The molecule has 4 nitrogen and oxygen atoms in total. The molecule has 3 N–H and O–H groups in total. The molecule has 0 aliphatic rings. The van der Waals surface area contributed by atoms with Crippen molar-refractivity contribution < 1.29 is 18.8 Å². The van der Waals surface area contributed by atoms with Crippen LogP contribution in [0.25, 0.3) is 0 Å². The van der Waals surface area contributed by atoms with Gasteiger partial charge in [-0.25, -0.2) is 0 Å². The summed E-state index contributed by atoms with van der Waals surface area (Å²) < 4.78 is 4.18. The van der Waals surface area contributed by atoms with Crippen molar-refractivity contribution in [2.75, 3.05) is 6.61 Å². The standard InChI is InChI=1S/C3H10O4Si/c1-2-3-7-8(4,5)6/h4-6H,2-3H2,1H3. The normalized spacial score (nSPS) is 12.0. The molecule has 0 rings (SSSR count). The molecule has 0 heterocycles. The summed E-state index contributed by atoms with van der Waals surface area (Å²) >= 11 is 0. The molecule has 0 radical (unpaired) electrons. The summed E-state index contributed by atoms with van der Waals surface area (Å²) in [6.45, 7) is 2.00. The molecule has 0 fully saturated rings. The molecule has 8 heavy (non-hydrogen) atoms. The van der Waals surface area contributed by atoms with Crippen LogP contribution in [0.4, 0.5) is 0 Å². The quantitative estimate of drug-likeness (QED) is 0.430. The molecule has 5 heteroatoms. The van der Waals surface area contributed by atoms with Crippen LogP contribution in [0.2, 0.25) is 0 Å². The van der Waals surface area contributed by atoms with Gasteiger partial charge >= 0.3 is 9.05 Å². The van der Waals surface area contributed by atoms with Gasteiger partial charge in [0.15, 0.2) is 0 Å². The molecule has 0 saturated carbocycles. The van der Waals surface area contributed by atoms with Crippen LogP contribution < -0.4 is 0 Å². The van der Waals surface area contributed by atoms with E-state index in [4.69, 9.17) is 14.4 Å². The third-order valence-corrected chi connectivity index (χ3v) is 1.09. The van der Waals surface area contributed by atoms with E-state index in [-0.39, 0.29) is 6.61 Å². The van der Waals surface area contributed by atoms with Crippen LogP contribution in [0.3, 0.4) is 0 Å². The fourth-order valence-electron chi connectivity index (χ4n) is 0.239. The molecule has 0 bridgehead atoms. The zero-order valence-corrected chi connectivity index (χ0v) is 5.66. The second-order valence-electron chi connectivity index (χ2n) is 1.42. The first-order valence-electron chi connectivity index (χ1n) is 2.37. The van der Waals surface area contributed by atoms with E-state index in [0.717, 1.165) is 0 Å². The van der Waals surface area contributed by atoms with Gasteiger partial charge in [-0.2, -0.15) is 0 Å². The number of hydrogen-bond acceptors (Lipinski definition) is 4. The van der Waals surface area contributed by atoms with Gasteiger partial charge in [-0.3, -0.25) is 0 Å². The summed E-state index contributed by atoms with van der Waals surface area (Å²) in [6, 6.07) is 0. The second kappa shape index (κ2) is 3.16. The molecule has 0 amide bonds. The molecule has 0 aliphatic heterocycles. The monoisotopic (exact) mass is 138 g/mol. The van der Waals surface area contributed by atoms with Crippen LogP contribution in [0, 0.1) is 0 Å². The van der Waals surface area contributed by atoms with Gasteiger partial charge in [-0.15, -0.1) is 0 Å². The molecule has 0 aromatic heterocycles. The largest absolute Gasteiger partial charge is 0.671 e. The Bertz CT molecular complexity index is 58.8. The highest BCUT2D eigenvalue weighted by molar-refractivity contribution is 6.48. The van der Waals surface area contributed by atoms with E-state index < -0.39 is 9.05 Å². The van der Waals surface area contributed by atoms with Gasteiger partial charge in [0, 0.05) is 6.61 Å². The van der Waals surface area contributed by atoms with Gasteiger partial charge in [-0.05, 0) is 6.42 Å². The lowest BCUT2D eigenvalue weighted by Gasteiger charge is -2.07. The highest BCUT2D eigenvalue weighted by Gasteiger charge is 2.29. The number of rotatable bonds is 3. The van der Waals surface area contributed by atoms with Crippen molar-refractivity contribution in [3.05, 3.63) is 0 Å². The van der Waals surface area contributed by atoms with Gasteiger partial charge in [0.2, 0.25) is 0 Å². The van der Waals surface area contributed by atoms with Crippen LogP contribution in [-0.2, 0) is 4.43 Å². The van der Waals surface area contributed by atoms with E-state index in [1.165, 1.54) is 0 Å². The zero-order valence-electron chi connectivity index (χ0n) is 4.66. The third kappa shape index (κ3) is 6.06. The Kier molecular flexibility index (Phi) is 3.18. The topological polar surface area (TPSA) is 69.9 Å². The summed E-state index contributed by atoms with van der Waals surface area (Å²) in [5.74, 6) is 0. The first-order chi connectivity index (χ1) is 3.56. The predicted octanol–water partition coefficient (Wildman–Crippen LogP) is -1.17. The summed E-state index contributed by atoms with van der Waals surface area (Å²) in [5, 5.41) is 0. The predicted molar refractivity (Wildman–Crippen MR) is 28.7 cm³/mol. The lowest BCUT2D eigenvalue weighted by molar-refractivity contribution is 0.0636. The summed E-state index contributed by atoms with van der Waals surface area (Å²) in [7, 11) is -4.18. The van der Waals surface area contributed by atoms with Gasteiger partial charge < -0.3 is 18.8 Å². The van der Waals surface area contributed by atoms with Gasteiger partial charge in [-0.1, -0.05) is 6.92 Å². The fourth-order valence-corrected chi connectivity index (χ4v) is 0.717. The minimum atomic E-state index is -4.18. The first-order valence-corrected chi connectivity index (χ1v) is 4.12. The van der Waals surface area contributed by atoms with E-state index in [1.807, 2.05) is 0 Å². The molecule has 0 aromatic carbocycles. The maximum Gasteiger partial charge on any atom is 0.671 e. The molecule has 0 unspecified atom stereocenters. The molecule has 50 valence electrons. The van der Waals surface area contributed by atoms with Gasteiger partial charge in [0.05, 0.1) is 0 Å². The van der Waals surface area contributed by atoms with Crippen molar-refractivity contribution >= 4 is 9.05 Å². The maximum atomic E-state index is 8.18. The Morgan fingerprint density at radius 3 is 2.00 bits per heavy atom. The zero-order chi connectivity index (χ0) is 6.62. The Morgan fingerprint density at radius 1 is 1.38 bits per heavy atom. The van der Waals surface area contributed by atoms with Crippen LogP contribution in [0.15, 0.2) is 0 Å². The van der Waals surface area contributed by atoms with E-state index in [1.54, 1.807) is 6.92 Å². The molecule has 0 saturated heterocycles. The maximum absolute atomic E-state index is 8.18. The van der Waals surface area contributed by atoms with Crippen molar-refractivity contribution in [1.29, 1.82) is 0 Å². The fraction of sp³-hybridized carbons (Fsp3) is 1.00. The van der Waals surface area contributed by atoms with Crippen LogP contribution >= 0.6 is 0 Å². The SMILES string of the molecule is CCCO[Si](O)(O)O. The Balaban J connectivity index is 3.11. The van der Waals surface area contributed by atoms with Crippen LogP contribution in [0.5, 0.6) is 0 Å². The minimum Gasteiger partial charge on any atom is -0.368 e. The van der Waals surface area contributed by atoms with Crippen LogP contribution in [-0.4, -0.2) is 30.0 Å². The van der Waals surface area contributed by atoms with Crippen molar-refractivity contribution in [2.24, 2.45) is 0 Å². The molecular formula is C3H10O4Si. The highest BCUT2D eigenvalue weighted by Crippen LogP contribution is 1.89. The Labute approximate surface area is 48.8 Å². The first kappa shape index (κ1) is 8.06. The average molecular weight is 138 g/mol. The summed E-state index contributed by atoms with van der Waals surface area (Å²) in [5.41, 5.74) is 0. The van der Waals surface area contributed by atoms with Crippen LogP contribution in [0.1, 0.15) is 13.3 Å². The summed E-state index contributed by atoms with van der Waals surface area (Å²) in [4.78, 5) is 24.5. The molecule has 0 spiro atoms. The van der Waals surface area contributed by atoms with E-state index in [0.29, 0.717) is 6.42 Å². The van der Waals surface area contributed by atoms with E-state index >= 15 is 0 Å².